The van der Waals surface area contributed by atoms with E-state index in [4.69, 9.17) is 4.74 Å². The molecular formula is C12H20N2O4. The zero-order valence-corrected chi connectivity index (χ0v) is 11.1. The van der Waals surface area contributed by atoms with Crippen molar-refractivity contribution in [1.29, 1.82) is 0 Å². The van der Waals surface area contributed by atoms with Gasteiger partial charge in [-0.1, -0.05) is 6.92 Å². The van der Waals surface area contributed by atoms with Gasteiger partial charge in [0, 0.05) is 32.5 Å². The van der Waals surface area contributed by atoms with Crippen molar-refractivity contribution in [3.05, 3.63) is 0 Å². The van der Waals surface area contributed by atoms with E-state index in [-0.39, 0.29) is 29.7 Å². The second-order valence-electron chi connectivity index (χ2n) is 4.51. The summed E-state index contributed by atoms with van der Waals surface area (Å²) in [7, 11) is 1.33. The van der Waals surface area contributed by atoms with Gasteiger partial charge < -0.3 is 15.0 Å². The standard InChI is InChI=1S/C12H20N2O4/c1-4-11(16)14-6-9(12(17)18-3)5-10(7-14)13-8(2)15/h9-10H,4-7H2,1-3H3,(H,13,15). The lowest BCUT2D eigenvalue weighted by atomic mass is 9.94. The minimum absolute atomic E-state index is 0.0149. The van der Waals surface area contributed by atoms with Gasteiger partial charge in [-0.05, 0) is 6.42 Å². The van der Waals surface area contributed by atoms with E-state index in [0.717, 1.165) is 0 Å². The Labute approximate surface area is 107 Å². The maximum atomic E-state index is 11.7. The van der Waals surface area contributed by atoms with Gasteiger partial charge in [-0.2, -0.15) is 0 Å². The highest BCUT2D eigenvalue weighted by molar-refractivity contribution is 5.79. The number of hydrogen-bond acceptors (Lipinski definition) is 4. The van der Waals surface area contributed by atoms with Gasteiger partial charge in [-0.25, -0.2) is 0 Å². The number of nitrogens with zero attached hydrogens (tertiary/aromatic N) is 1. The summed E-state index contributed by atoms with van der Waals surface area (Å²) in [5.41, 5.74) is 0. The second kappa shape index (κ2) is 6.37. The summed E-state index contributed by atoms with van der Waals surface area (Å²) in [5, 5.41) is 2.76. The number of methoxy groups -OCH3 is 1. The summed E-state index contributed by atoms with van der Waals surface area (Å²) in [6, 6.07) is -0.184. The van der Waals surface area contributed by atoms with E-state index in [0.29, 0.717) is 25.9 Å². The summed E-state index contributed by atoms with van der Waals surface area (Å²) in [6.07, 6.45) is 0.903. The van der Waals surface area contributed by atoms with Gasteiger partial charge in [0.15, 0.2) is 0 Å². The van der Waals surface area contributed by atoms with Crippen LogP contribution < -0.4 is 5.32 Å². The Hall–Kier alpha value is -1.59. The molecule has 2 atom stereocenters. The van der Waals surface area contributed by atoms with E-state index in [1.807, 2.05) is 0 Å². The number of piperidine rings is 1. The Morgan fingerprint density at radius 1 is 1.33 bits per heavy atom. The minimum atomic E-state index is -0.365. The van der Waals surface area contributed by atoms with Crippen molar-refractivity contribution in [2.24, 2.45) is 5.92 Å². The highest BCUT2D eigenvalue weighted by Gasteiger charge is 2.34. The molecule has 1 rings (SSSR count). The van der Waals surface area contributed by atoms with Crippen LogP contribution in [0.4, 0.5) is 0 Å². The highest BCUT2D eigenvalue weighted by Crippen LogP contribution is 2.19. The third-order valence-electron chi connectivity index (χ3n) is 3.05. The van der Waals surface area contributed by atoms with E-state index in [9.17, 15) is 14.4 Å². The molecular weight excluding hydrogens is 236 g/mol. The van der Waals surface area contributed by atoms with Crippen molar-refractivity contribution in [3.63, 3.8) is 0 Å². The SMILES string of the molecule is CCC(=O)N1CC(NC(C)=O)CC(C(=O)OC)C1. The molecule has 0 aliphatic carbocycles. The van der Waals surface area contributed by atoms with Crippen LogP contribution in [-0.2, 0) is 19.1 Å². The van der Waals surface area contributed by atoms with Gasteiger partial charge in [0.1, 0.15) is 0 Å². The number of esters is 1. The average Bonchev–Trinajstić information content (AvgIpc) is 2.35. The van der Waals surface area contributed by atoms with Crippen LogP contribution in [0.2, 0.25) is 0 Å². The van der Waals surface area contributed by atoms with Gasteiger partial charge in [-0.3, -0.25) is 14.4 Å². The average molecular weight is 256 g/mol. The van der Waals surface area contributed by atoms with Crippen LogP contribution in [0.15, 0.2) is 0 Å². The van der Waals surface area contributed by atoms with Crippen LogP contribution in [-0.4, -0.2) is 48.9 Å². The first-order chi connectivity index (χ1) is 8.47. The third-order valence-corrected chi connectivity index (χ3v) is 3.05. The molecule has 0 aromatic heterocycles. The summed E-state index contributed by atoms with van der Waals surface area (Å²) in [4.78, 5) is 36.0. The Morgan fingerprint density at radius 3 is 2.50 bits per heavy atom. The molecule has 1 heterocycles. The third kappa shape index (κ3) is 3.72. The summed E-state index contributed by atoms with van der Waals surface area (Å²) < 4.78 is 4.72. The number of rotatable bonds is 3. The molecule has 0 aromatic rings. The van der Waals surface area contributed by atoms with Crippen LogP contribution in [0.1, 0.15) is 26.7 Å². The van der Waals surface area contributed by atoms with Crippen molar-refractivity contribution in [2.75, 3.05) is 20.2 Å². The van der Waals surface area contributed by atoms with Crippen LogP contribution in [0.25, 0.3) is 0 Å². The molecule has 0 spiro atoms. The van der Waals surface area contributed by atoms with Crippen LogP contribution in [0, 0.1) is 5.92 Å². The lowest BCUT2D eigenvalue weighted by molar-refractivity contribution is -0.150. The van der Waals surface area contributed by atoms with E-state index in [1.54, 1.807) is 11.8 Å². The van der Waals surface area contributed by atoms with Gasteiger partial charge >= 0.3 is 5.97 Å². The molecule has 6 nitrogen and oxygen atoms in total. The van der Waals surface area contributed by atoms with Crippen LogP contribution in [0.3, 0.4) is 0 Å². The number of amides is 2. The van der Waals surface area contributed by atoms with Gasteiger partial charge in [0.2, 0.25) is 11.8 Å². The van der Waals surface area contributed by atoms with E-state index < -0.39 is 0 Å². The Bertz CT molecular complexity index is 319. The fraction of sp³-hybridized carbons (Fsp3) is 0.750. The van der Waals surface area contributed by atoms with Crippen molar-refractivity contribution in [2.45, 2.75) is 32.7 Å². The van der Waals surface area contributed by atoms with Crippen molar-refractivity contribution < 1.29 is 19.1 Å². The van der Waals surface area contributed by atoms with Gasteiger partial charge in [-0.15, -0.1) is 0 Å². The highest BCUT2D eigenvalue weighted by atomic mass is 16.5. The molecule has 1 saturated heterocycles. The fourth-order valence-electron chi connectivity index (χ4n) is 2.26. The number of hydrogen-bond donors (Lipinski definition) is 1. The summed E-state index contributed by atoms with van der Waals surface area (Å²) in [6.45, 7) is 4.03. The van der Waals surface area contributed by atoms with E-state index in [2.05, 4.69) is 5.32 Å². The van der Waals surface area contributed by atoms with Crippen molar-refractivity contribution in [3.8, 4) is 0 Å². The first kappa shape index (κ1) is 14.5. The molecule has 0 saturated carbocycles. The first-order valence-electron chi connectivity index (χ1n) is 6.10. The number of carbonyl (C=O) groups is 3. The Balaban J connectivity index is 2.74. The summed E-state index contributed by atoms with van der Waals surface area (Å²) in [5.74, 6) is -0.872. The van der Waals surface area contributed by atoms with Crippen LogP contribution in [0.5, 0.6) is 0 Å². The maximum absolute atomic E-state index is 11.7. The molecule has 2 amide bonds. The molecule has 1 fully saturated rings. The second-order valence-corrected chi connectivity index (χ2v) is 4.51. The number of ether oxygens (including phenoxy) is 1. The number of carbonyl (C=O) groups excluding carboxylic acids is 3. The molecule has 18 heavy (non-hydrogen) atoms. The smallest absolute Gasteiger partial charge is 0.310 e. The van der Waals surface area contributed by atoms with Gasteiger partial charge in [0.05, 0.1) is 13.0 Å². The lowest BCUT2D eigenvalue weighted by Crippen LogP contribution is -2.53. The zero-order valence-electron chi connectivity index (χ0n) is 11.1. The molecule has 2 unspecified atom stereocenters. The molecule has 0 aromatic carbocycles. The number of nitrogens with one attached hydrogen (secondary N) is 1. The molecule has 0 bridgehead atoms. The lowest BCUT2D eigenvalue weighted by Gasteiger charge is -2.36. The predicted octanol–water partition coefficient (Wildman–Crippen LogP) is -0.0774. The summed E-state index contributed by atoms with van der Waals surface area (Å²) >= 11 is 0. The first-order valence-corrected chi connectivity index (χ1v) is 6.10. The topological polar surface area (TPSA) is 75.7 Å². The fourth-order valence-corrected chi connectivity index (χ4v) is 2.26. The molecule has 0 radical (unpaired) electrons. The monoisotopic (exact) mass is 256 g/mol. The maximum Gasteiger partial charge on any atom is 0.310 e. The van der Waals surface area contributed by atoms with Crippen LogP contribution >= 0.6 is 0 Å². The van der Waals surface area contributed by atoms with Crippen molar-refractivity contribution >= 4 is 17.8 Å². The molecule has 102 valence electrons. The molecule has 6 heteroatoms. The van der Waals surface area contributed by atoms with E-state index in [1.165, 1.54) is 14.0 Å². The van der Waals surface area contributed by atoms with Gasteiger partial charge in [0.25, 0.3) is 0 Å². The largest absolute Gasteiger partial charge is 0.469 e. The van der Waals surface area contributed by atoms with E-state index >= 15 is 0 Å². The predicted molar refractivity (Wildman–Crippen MR) is 64.6 cm³/mol. The molecule has 1 aliphatic heterocycles. The van der Waals surface area contributed by atoms with Crippen molar-refractivity contribution in [1.82, 2.24) is 10.2 Å². The Kier molecular flexibility index (Phi) is 5.12. The zero-order chi connectivity index (χ0) is 13.7. The minimum Gasteiger partial charge on any atom is -0.469 e. The molecule has 1 N–H and O–H groups in total. The Morgan fingerprint density at radius 2 is 2.00 bits per heavy atom. The molecule has 1 aliphatic rings. The normalized spacial score (nSPS) is 23.4. The quantitative estimate of drug-likeness (QED) is 0.717. The number of likely N-dealkylation sites (tertiary alicyclic amines) is 1.